The molecule has 5 heteroatoms. The van der Waals surface area contributed by atoms with Crippen molar-refractivity contribution >= 4 is 11.7 Å². The summed E-state index contributed by atoms with van der Waals surface area (Å²) >= 11 is 0. The highest BCUT2D eigenvalue weighted by Crippen LogP contribution is 2.43. The third-order valence-corrected chi connectivity index (χ3v) is 3.28. The van der Waals surface area contributed by atoms with Gasteiger partial charge in [0.1, 0.15) is 0 Å². The lowest BCUT2D eigenvalue weighted by Crippen LogP contribution is -2.40. The minimum absolute atomic E-state index is 0.175. The van der Waals surface area contributed by atoms with Crippen molar-refractivity contribution in [1.82, 2.24) is 4.90 Å². The monoisotopic (exact) mass is 264 g/mol. The lowest BCUT2D eigenvalue weighted by atomic mass is 10.1. The Kier molecular flexibility index (Phi) is 3.30. The molecule has 1 heterocycles. The first-order chi connectivity index (χ1) is 8.82. The Labute approximate surface area is 113 Å². The smallest absolute Gasteiger partial charge is 0.321 e. The number of benzene rings is 1. The molecule has 1 aromatic rings. The van der Waals surface area contributed by atoms with Crippen LogP contribution >= 0.6 is 0 Å². The highest BCUT2D eigenvalue weighted by atomic mass is 16.7. The molecule has 1 atom stereocenters. The van der Waals surface area contributed by atoms with Crippen LogP contribution in [0, 0.1) is 5.92 Å². The Morgan fingerprint density at radius 3 is 2.47 bits per heavy atom. The molecule has 5 nitrogen and oxygen atoms in total. The summed E-state index contributed by atoms with van der Waals surface area (Å²) in [5, 5.41) is 2.78. The average Bonchev–Trinajstić information content (AvgIpc) is 2.66. The fourth-order valence-electron chi connectivity index (χ4n) is 1.68. The molecule has 0 saturated carbocycles. The number of hydrogen-bond donors (Lipinski definition) is 1. The van der Waals surface area contributed by atoms with E-state index in [4.69, 9.17) is 9.47 Å². The van der Waals surface area contributed by atoms with E-state index in [1.54, 1.807) is 26.2 Å². The largest absolute Gasteiger partial charge is 0.448 e. The molecule has 0 bridgehead atoms. The molecule has 104 valence electrons. The predicted octanol–water partition coefficient (Wildman–Crippen LogP) is 2.92. The predicted molar refractivity (Wildman–Crippen MR) is 73.6 cm³/mol. The number of ether oxygens (including phenoxy) is 2. The van der Waals surface area contributed by atoms with Gasteiger partial charge in [-0.25, -0.2) is 4.79 Å². The van der Waals surface area contributed by atoms with Crippen molar-refractivity contribution < 1.29 is 14.3 Å². The van der Waals surface area contributed by atoms with E-state index in [1.807, 2.05) is 26.8 Å². The Morgan fingerprint density at radius 2 is 1.89 bits per heavy atom. The van der Waals surface area contributed by atoms with E-state index in [2.05, 4.69) is 5.32 Å². The van der Waals surface area contributed by atoms with Crippen molar-refractivity contribution in [2.24, 2.45) is 5.92 Å². The maximum atomic E-state index is 11.6. The molecule has 1 aliphatic rings. The van der Waals surface area contributed by atoms with Gasteiger partial charge in [-0.05, 0) is 12.1 Å². The topological polar surface area (TPSA) is 50.8 Å². The molecular formula is C14H20N2O3. The van der Waals surface area contributed by atoms with Crippen LogP contribution in [0.5, 0.6) is 11.5 Å². The van der Waals surface area contributed by atoms with Crippen molar-refractivity contribution in [2.45, 2.75) is 26.6 Å². The van der Waals surface area contributed by atoms with Crippen LogP contribution in [0.4, 0.5) is 10.5 Å². The molecule has 0 saturated heterocycles. The fourth-order valence-corrected chi connectivity index (χ4v) is 1.68. The standard InChI is InChI=1S/C14H20N2O3/c1-9(2)14(3)18-11-7-6-10(8-12(11)19-14)15-13(17)16(4)5/h6-9H,1-5H3,(H,15,17). The van der Waals surface area contributed by atoms with Crippen molar-refractivity contribution in [3.63, 3.8) is 0 Å². The highest BCUT2D eigenvalue weighted by molar-refractivity contribution is 5.89. The van der Waals surface area contributed by atoms with E-state index >= 15 is 0 Å². The normalized spacial score (nSPS) is 20.5. The van der Waals surface area contributed by atoms with Crippen LogP contribution in [0.25, 0.3) is 0 Å². The molecule has 2 amide bonds. The van der Waals surface area contributed by atoms with Gasteiger partial charge in [-0.1, -0.05) is 13.8 Å². The maximum Gasteiger partial charge on any atom is 0.321 e. The van der Waals surface area contributed by atoms with Crippen LogP contribution in [0.15, 0.2) is 18.2 Å². The Morgan fingerprint density at radius 1 is 1.26 bits per heavy atom. The summed E-state index contributed by atoms with van der Waals surface area (Å²) in [5.74, 6) is 0.943. The lowest BCUT2D eigenvalue weighted by molar-refractivity contribution is -0.0990. The summed E-state index contributed by atoms with van der Waals surface area (Å²) in [6.07, 6.45) is 0. The lowest BCUT2D eigenvalue weighted by Gasteiger charge is -2.26. The molecule has 1 aliphatic heterocycles. The third kappa shape index (κ3) is 2.59. The van der Waals surface area contributed by atoms with E-state index in [9.17, 15) is 4.79 Å². The molecule has 1 aromatic carbocycles. The molecule has 0 aromatic heterocycles. The number of rotatable bonds is 2. The zero-order valence-electron chi connectivity index (χ0n) is 12.0. The number of amides is 2. The third-order valence-electron chi connectivity index (χ3n) is 3.28. The van der Waals surface area contributed by atoms with Crippen LogP contribution in [0.2, 0.25) is 0 Å². The van der Waals surface area contributed by atoms with E-state index in [1.165, 1.54) is 4.90 Å². The molecule has 19 heavy (non-hydrogen) atoms. The van der Waals surface area contributed by atoms with Crippen LogP contribution in [0.3, 0.4) is 0 Å². The number of urea groups is 1. The molecule has 1 unspecified atom stereocenters. The van der Waals surface area contributed by atoms with E-state index < -0.39 is 5.79 Å². The molecule has 0 spiro atoms. The quantitative estimate of drug-likeness (QED) is 0.893. The van der Waals surface area contributed by atoms with Gasteiger partial charge in [0.05, 0.1) is 0 Å². The zero-order valence-corrected chi connectivity index (χ0v) is 12.0. The summed E-state index contributed by atoms with van der Waals surface area (Å²) in [4.78, 5) is 13.1. The van der Waals surface area contributed by atoms with Gasteiger partial charge in [0.15, 0.2) is 11.5 Å². The number of nitrogens with one attached hydrogen (secondary N) is 1. The van der Waals surface area contributed by atoms with Gasteiger partial charge in [-0.3, -0.25) is 0 Å². The highest BCUT2D eigenvalue weighted by Gasteiger charge is 2.39. The van der Waals surface area contributed by atoms with Gasteiger partial charge in [-0.2, -0.15) is 0 Å². The van der Waals surface area contributed by atoms with Gasteiger partial charge in [0.2, 0.25) is 0 Å². The van der Waals surface area contributed by atoms with Crippen LogP contribution in [-0.4, -0.2) is 30.8 Å². The van der Waals surface area contributed by atoms with Gasteiger partial charge in [0, 0.05) is 38.7 Å². The van der Waals surface area contributed by atoms with Crippen LogP contribution < -0.4 is 14.8 Å². The summed E-state index contributed by atoms with van der Waals surface area (Å²) in [6, 6.07) is 5.22. The van der Waals surface area contributed by atoms with Gasteiger partial charge >= 0.3 is 6.03 Å². The number of carbonyl (C=O) groups is 1. The van der Waals surface area contributed by atoms with Gasteiger partial charge in [0.25, 0.3) is 5.79 Å². The number of carbonyl (C=O) groups excluding carboxylic acids is 1. The fraction of sp³-hybridized carbons (Fsp3) is 0.500. The molecule has 0 radical (unpaired) electrons. The average molecular weight is 264 g/mol. The number of fused-ring (bicyclic) bond motifs is 1. The second-order valence-electron chi connectivity index (χ2n) is 5.36. The zero-order chi connectivity index (χ0) is 14.2. The second kappa shape index (κ2) is 4.64. The summed E-state index contributed by atoms with van der Waals surface area (Å²) in [7, 11) is 3.39. The summed E-state index contributed by atoms with van der Waals surface area (Å²) < 4.78 is 11.7. The Balaban J connectivity index is 2.18. The van der Waals surface area contributed by atoms with E-state index in [0.717, 1.165) is 0 Å². The van der Waals surface area contributed by atoms with Gasteiger partial charge < -0.3 is 19.7 Å². The number of hydrogen-bond acceptors (Lipinski definition) is 3. The number of nitrogens with zero attached hydrogens (tertiary/aromatic N) is 1. The van der Waals surface area contributed by atoms with Gasteiger partial charge in [-0.15, -0.1) is 0 Å². The minimum atomic E-state index is -0.646. The summed E-state index contributed by atoms with van der Waals surface area (Å²) in [6.45, 7) is 6.00. The minimum Gasteiger partial charge on any atom is -0.448 e. The van der Waals surface area contributed by atoms with Crippen molar-refractivity contribution in [3.05, 3.63) is 18.2 Å². The van der Waals surface area contributed by atoms with Crippen LogP contribution in [0.1, 0.15) is 20.8 Å². The second-order valence-corrected chi connectivity index (χ2v) is 5.36. The first-order valence-electron chi connectivity index (χ1n) is 6.32. The van der Waals surface area contributed by atoms with Crippen molar-refractivity contribution in [2.75, 3.05) is 19.4 Å². The summed E-state index contributed by atoms with van der Waals surface area (Å²) in [5.41, 5.74) is 0.689. The molecule has 2 rings (SSSR count). The van der Waals surface area contributed by atoms with E-state index in [0.29, 0.717) is 17.2 Å². The molecule has 1 N–H and O–H groups in total. The van der Waals surface area contributed by atoms with Crippen LogP contribution in [-0.2, 0) is 0 Å². The number of anilines is 1. The first kappa shape index (κ1) is 13.5. The SMILES string of the molecule is CC(C)C1(C)Oc2ccc(NC(=O)N(C)C)cc2O1. The molecule has 0 fully saturated rings. The van der Waals surface area contributed by atoms with E-state index in [-0.39, 0.29) is 11.9 Å². The Bertz CT molecular complexity index is 499. The molecular weight excluding hydrogens is 244 g/mol. The first-order valence-corrected chi connectivity index (χ1v) is 6.32. The Hall–Kier alpha value is -1.91. The van der Waals surface area contributed by atoms with Crippen molar-refractivity contribution in [1.29, 1.82) is 0 Å². The maximum absolute atomic E-state index is 11.6. The molecule has 0 aliphatic carbocycles. The van der Waals surface area contributed by atoms with Crippen molar-refractivity contribution in [3.8, 4) is 11.5 Å².